The van der Waals surface area contributed by atoms with Gasteiger partial charge in [0.05, 0.1) is 13.2 Å². The lowest BCUT2D eigenvalue weighted by atomic mass is 9.82. The van der Waals surface area contributed by atoms with Gasteiger partial charge >= 0.3 is 0 Å². The maximum Gasteiger partial charge on any atom is 0.201 e. The van der Waals surface area contributed by atoms with Crippen molar-refractivity contribution in [2.45, 2.75) is 32.6 Å². The summed E-state index contributed by atoms with van der Waals surface area (Å²) < 4.78 is 39.9. The van der Waals surface area contributed by atoms with E-state index in [1.54, 1.807) is 25.1 Å². The van der Waals surface area contributed by atoms with E-state index in [1.165, 1.54) is 31.7 Å². The second-order valence-corrected chi connectivity index (χ2v) is 8.60. The van der Waals surface area contributed by atoms with E-state index in [1.807, 2.05) is 36.4 Å². The molecule has 172 valence electrons. The molecule has 1 aliphatic carbocycles. The Balaban J connectivity index is 1.39. The van der Waals surface area contributed by atoms with Gasteiger partial charge in [0.2, 0.25) is 5.82 Å². The molecule has 0 unspecified atom stereocenters. The SMILES string of the molecule is C=CC1CCC(COc2ccc(-c3ccc(-c4ccc(OCC)c(F)c4F)cc3)cc2)CC1. The van der Waals surface area contributed by atoms with E-state index in [0.29, 0.717) is 17.4 Å². The van der Waals surface area contributed by atoms with E-state index in [4.69, 9.17) is 9.47 Å². The highest BCUT2D eigenvalue weighted by atomic mass is 19.2. The predicted molar refractivity (Wildman–Crippen MR) is 130 cm³/mol. The normalized spacial score (nSPS) is 18.0. The topological polar surface area (TPSA) is 18.5 Å². The summed E-state index contributed by atoms with van der Waals surface area (Å²) in [4.78, 5) is 0. The second-order valence-electron chi connectivity index (χ2n) is 8.60. The highest BCUT2D eigenvalue weighted by molar-refractivity contribution is 5.71. The minimum atomic E-state index is -0.956. The van der Waals surface area contributed by atoms with Gasteiger partial charge in [0, 0.05) is 5.56 Å². The molecule has 0 saturated heterocycles. The smallest absolute Gasteiger partial charge is 0.201 e. The molecule has 0 amide bonds. The van der Waals surface area contributed by atoms with Crippen LogP contribution in [0.25, 0.3) is 22.3 Å². The maximum absolute atomic E-state index is 14.5. The van der Waals surface area contributed by atoms with Gasteiger partial charge in [-0.3, -0.25) is 0 Å². The number of benzene rings is 3. The van der Waals surface area contributed by atoms with Crippen molar-refractivity contribution >= 4 is 0 Å². The molecule has 1 aliphatic rings. The molecule has 0 N–H and O–H groups in total. The third-order valence-corrected chi connectivity index (χ3v) is 6.44. The van der Waals surface area contributed by atoms with E-state index in [9.17, 15) is 8.78 Å². The van der Waals surface area contributed by atoms with Crippen molar-refractivity contribution in [3.8, 4) is 33.8 Å². The van der Waals surface area contributed by atoms with Crippen molar-refractivity contribution in [2.75, 3.05) is 13.2 Å². The quantitative estimate of drug-likeness (QED) is 0.324. The lowest BCUT2D eigenvalue weighted by Crippen LogP contribution is -2.19. The molecule has 33 heavy (non-hydrogen) atoms. The predicted octanol–water partition coefficient (Wildman–Crippen LogP) is 8.07. The molecular formula is C29H30F2O2. The molecule has 0 aliphatic heterocycles. The van der Waals surface area contributed by atoms with E-state index in [2.05, 4.69) is 12.7 Å². The largest absolute Gasteiger partial charge is 0.493 e. The van der Waals surface area contributed by atoms with Crippen LogP contribution < -0.4 is 9.47 Å². The van der Waals surface area contributed by atoms with Crippen LogP contribution in [0.15, 0.2) is 73.3 Å². The Labute approximate surface area is 194 Å². The zero-order valence-electron chi connectivity index (χ0n) is 19.0. The van der Waals surface area contributed by atoms with Crippen LogP contribution in [-0.2, 0) is 0 Å². The zero-order chi connectivity index (χ0) is 23.2. The molecule has 1 fully saturated rings. The minimum absolute atomic E-state index is 0.0675. The summed E-state index contributed by atoms with van der Waals surface area (Å²) in [5, 5.41) is 0. The summed E-state index contributed by atoms with van der Waals surface area (Å²) in [6.45, 7) is 6.67. The van der Waals surface area contributed by atoms with Gasteiger partial charge in [0.25, 0.3) is 0 Å². The summed E-state index contributed by atoms with van der Waals surface area (Å²) in [6.07, 6.45) is 6.88. The Kier molecular flexibility index (Phi) is 7.43. The van der Waals surface area contributed by atoms with Crippen molar-refractivity contribution in [1.29, 1.82) is 0 Å². The fraction of sp³-hybridized carbons (Fsp3) is 0.310. The fourth-order valence-corrected chi connectivity index (χ4v) is 4.41. The van der Waals surface area contributed by atoms with E-state index < -0.39 is 11.6 Å². The Morgan fingerprint density at radius 1 is 0.788 bits per heavy atom. The number of hydrogen-bond acceptors (Lipinski definition) is 2. The van der Waals surface area contributed by atoms with E-state index in [0.717, 1.165) is 23.5 Å². The first-order valence-corrected chi connectivity index (χ1v) is 11.7. The van der Waals surface area contributed by atoms with Gasteiger partial charge in [0.1, 0.15) is 5.75 Å². The lowest BCUT2D eigenvalue weighted by molar-refractivity contribution is 0.195. The van der Waals surface area contributed by atoms with Crippen molar-refractivity contribution in [2.24, 2.45) is 11.8 Å². The van der Waals surface area contributed by atoms with Crippen molar-refractivity contribution in [1.82, 2.24) is 0 Å². The molecule has 4 heteroatoms. The van der Waals surface area contributed by atoms with Crippen molar-refractivity contribution < 1.29 is 18.3 Å². The van der Waals surface area contributed by atoms with Gasteiger partial charge in [0.15, 0.2) is 11.6 Å². The van der Waals surface area contributed by atoms with Gasteiger partial charge in [-0.1, -0.05) is 42.5 Å². The van der Waals surface area contributed by atoms with Gasteiger partial charge < -0.3 is 9.47 Å². The Morgan fingerprint density at radius 2 is 1.39 bits per heavy atom. The van der Waals surface area contributed by atoms with Crippen LogP contribution in [-0.4, -0.2) is 13.2 Å². The Bertz CT molecular complexity index is 1070. The van der Waals surface area contributed by atoms with Gasteiger partial charge in [-0.2, -0.15) is 4.39 Å². The van der Waals surface area contributed by atoms with Crippen LogP contribution in [0.2, 0.25) is 0 Å². The molecule has 3 aromatic rings. The Morgan fingerprint density at radius 3 is 2.00 bits per heavy atom. The molecule has 0 heterocycles. The van der Waals surface area contributed by atoms with Gasteiger partial charge in [-0.25, -0.2) is 4.39 Å². The number of ether oxygens (including phenoxy) is 2. The third kappa shape index (κ3) is 5.44. The van der Waals surface area contributed by atoms with E-state index >= 15 is 0 Å². The molecule has 0 spiro atoms. The van der Waals surface area contributed by atoms with Crippen LogP contribution >= 0.6 is 0 Å². The van der Waals surface area contributed by atoms with Gasteiger partial charge in [-0.05, 0) is 85.4 Å². The summed E-state index contributed by atoms with van der Waals surface area (Å²) in [5.41, 5.74) is 2.87. The van der Waals surface area contributed by atoms with Crippen LogP contribution in [0.5, 0.6) is 11.5 Å². The first-order valence-electron chi connectivity index (χ1n) is 11.7. The van der Waals surface area contributed by atoms with Crippen LogP contribution in [0.3, 0.4) is 0 Å². The minimum Gasteiger partial charge on any atom is -0.493 e. The zero-order valence-corrected chi connectivity index (χ0v) is 19.0. The summed E-state index contributed by atoms with van der Waals surface area (Å²) >= 11 is 0. The molecule has 4 rings (SSSR count). The maximum atomic E-state index is 14.5. The summed E-state index contributed by atoms with van der Waals surface area (Å²) in [7, 11) is 0. The molecule has 0 atom stereocenters. The second kappa shape index (κ2) is 10.7. The molecule has 1 saturated carbocycles. The molecule has 3 aromatic carbocycles. The van der Waals surface area contributed by atoms with E-state index in [-0.39, 0.29) is 17.9 Å². The number of rotatable bonds is 8. The van der Waals surface area contributed by atoms with Crippen LogP contribution in [0.1, 0.15) is 32.6 Å². The average molecular weight is 449 g/mol. The van der Waals surface area contributed by atoms with Crippen molar-refractivity contribution in [3.63, 3.8) is 0 Å². The molecular weight excluding hydrogens is 418 g/mol. The first-order chi connectivity index (χ1) is 16.1. The highest BCUT2D eigenvalue weighted by Gasteiger charge is 2.19. The summed E-state index contributed by atoms with van der Waals surface area (Å²) in [5.74, 6) is 0.226. The van der Waals surface area contributed by atoms with Crippen LogP contribution in [0, 0.1) is 23.5 Å². The number of hydrogen-bond donors (Lipinski definition) is 0. The van der Waals surface area contributed by atoms with Crippen LogP contribution in [0.4, 0.5) is 8.78 Å². The average Bonchev–Trinajstić information content (AvgIpc) is 2.87. The molecule has 2 nitrogen and oxygen atoms in total. The fourth-order valence-electron chi connectivity index (χ4n) is 4.41. The molecule has 0 bridgehead atoms. The summed E-state index contributed by atoms with van der Waals surface area (Å²) in [6, 6.07) is 18.5. The van der Waals surface area contributed by atoms with Crippen molar-refractivity contribution in [3.05, 3.63) is 85.0 Å². The first kappa shape index (κ1) is 23.0. The standard InChI is InChI=1S/C29H30F2O2/c1-3-20-5-7-21(8-6-20)19-33-25-15-13-23(14-16-25)22-9-11-24(12-10-22)26-17-18-27(32-4-2)29(31)28(26)30/h3,9-18,20-21H,1,4-8,19H2,2H3. The van der Waals surface area contributed by atoms with Gasteiger partial charge in [-0.15, -0.1) is 6.58 Å². The Hall–Kier alpha value is -3.14. The molecule has 0 aromatic heterocycles. The number of allylic oxidation sites excluding steroid dienone is 1. The number of halogens is 2. The monoisotopic (exact) mass is 448 g/mol. The molecule has 0 radical (unpaired) electrons. The highest BCUT2D eigenvalue weighted by Crippen LogP contribution is 2.32. The lowest BCUT2D eigenvalue weighted by Gasteiger charge is -2.26. The third-order valence-electron chi connectivity index (χ3n) is 6.44.